The van der Waals surface area contributed by atoms with Crippen molar-refractivity contribution in [3.63, 3.8) is 0 Å². The van der Waals surface area contributed by atoms with Crippen LogP contribution in [0, 0.1) is 5.41 Å². The van der Waals surface area contributed by atoms with E-state index in [1.165, 1.54) is 0 Å². The van der Waals surface area contributed by atoms with Gasteiger partial charge >= 0.3 is 0 Å². The quantitative estimate of drug-likeness (QED) is 0.693. The van der Waals surface area contributed by atoms with Crippen molar-refractivity contribution in [1.82, 2.24) is 0 Å². The molecular formula is C12H24OS. The van der Waals surface area contributed by atoms with Crippen LogP contribution in [0.15, 0.2) is 0 Å². The molecule has 0 saturated heterocycles. The Morgan fingerprint density at radius 3 is 2.00 bits per heavy atom. The van der Waals surface area contributed by atoms with Crippen molar-refractivity contribution in [2.45, 2.75) is 58.6 Å². The molecule has 0 saturated carbocycles. The third-order valence-corrected chi connectivity index (χ3v) is 3.58. The Kier molecular flexibility index (Phi) is 5.21. The Morgan fingerprint density at radius 1 is 1.14 bits per heavy atom. The van der Waals surface area contributed by atoms with Crippen molar-refractivity contribution in [3.05, 3.63) is 0 Å². The Hall–Kier alpha value is 0.0200. The summed E-state index contributed by atoms with van der Waals surface area (Å²) in [6.45, 7) is 10.8. The molecular weight excluding hydrogens is 192 g/mol. The molecule has 0 fully saturated rings. The first-order valence-corrected chi connectivity index (χ1v) is 6.46. The normalized spacial score (nSPS) is 13.0. The van der Waals surface area contributed by atoms with Gasteiger partial charge in [-0.05, 0) is 18.1 Å². The van der Waals surface area contributed by atoms with E-state index >= 15 is 0 Å². The number of carbonyl (C=O) groups excluding carboxylic acids is 1. The fraction of sp³-hybridized carbons (Fsp3) is 0.917. The van der Waals surface area contributed by atoms with Crippen LogP contribution in [0.1, 0.15) is 53.9 Å². The average Bonchev–Trinajstić information content (AvgIpc) is 1.99. The van der Waals surface area contributed by atoms with Gasteiger partial charge in [-0.15, -0.1) is 0 Å². The van der Waals surface area contributed by atoms with E-state index in [0.29, 0.717) is 12.2 Å². The first kappa shape index (κ1) is 14.0. The third kappa shape index (κ3) is 7.43. The van der Waals surface area contributed by atoms with Crippen LogP contribution in [0.25, 0.3) is 0 Å². The first-order valence-electron chi connectivity index (χ1n) is 5.23. The fourth-order valence-corrected chi connectivity index (χ4v) is 1.46. The highest BCUT2D eigenvalue weighted by Crippen LogP contribution is 2.28. The maximum absolute atomic E-state index is 11.7. The van der Waals surface area contributed by atoms with Gasteiger partial charge < -0.3 is 0 Å². The second-order valence-electron chi connectivity index (χ2n) is 5.74. The first-order chi connectivity index (χ1) is 6.16. The van der Waals surface area contributed by atoms with Gasteiger partial charge in [0.05, 0.1) is 0 Å². The Balaban J connectivity index is 3.89. The number of Topliss-reactive ketones (excluding diaryl/α,β-unsaturated/α-hetero) is 1. The summed E-state index contributed by atoms with van der Waals surface area (Å²) in [6, 6.07) is 0. The fourth-order valence-electron chi connectivity index (χ4n) is 1.15. The summed E-state index contributed by atoms with van der Waals surface area (Å²) in [4.78, 5) is 11.7. The lowest BCUT2D eigenvalue weighted by atomic mass is 9.88. The molecule has 0 aliphatic carbocycles. The molecule has 0 unspecified atom stereocenters. The summed E-state index contributed by atoms with van der Waals surface area (Å²) in [5.74, 6) is 0.402. The van der Waals surface area contributed by atoms with Gasteiger partial charge in [-0.1, -0.05) is 34.6 Å². The van der Waals surface area contributed by atoms with Crippen LogP contribution in [0.2, 0.25) is 0 Å². The van der Waals surface area contributed by atoms with E-state index in [-0.39, 0.29) is 10.2 Å². The van der Waals surface area contributed by atoms with Crippen molar-refractivity contribution in [1.29, 1.82) is 0 Å². The van der Waals surface area contributed by atoms with Crippen LogP contribution in [0.5, 0.6) is 0 Å². The molecule has 0 aromatic heterocycles. The molecule has 0 N–H and O–H groups in total. The van der Waals surface area contributed by atoms with E-state index in [9.17, 15) is 4.79 Å². The molecule has 0 bridgehead atoms. The van der Waals surface area contributed by atoms with Crippen LogP contribution in [-0.2, 0) is 4.79 Å². The van der Waals surface area contributed by atoms with Crippen LogP contribution in [0.3, 0.4) is 0 Å². The topological polar surface area (TPSA) is 17.1 Å². The molecule has 0 spiro atoms. The zero-order chi connectivity index (χ0) is 11.4. The van der Waals surface area contributed by atoms with Gasteiger partial charge in [-0.25, -0.2) is 0 Å². The highest BCUT2D eigenvalue weighted by atomic mass is 32.2. The molecule has 0 aromatic carbocycles. The molecule has 0 aromatic rings. The van der Waals surface area contributed by atoms with Gasteiger partial charge in [0, 0.05) is 17.6 Å². The van der Waals surface area contributed by atoms with Gasteiger partial charge in [-0.3, -0.25) is 4.79 Å². The van der Waals surface area contributed by atoms with E-state index in [1.54, 1.807) is 11.8 Å². The number of carbonyl (C=O) groups is 1. The Morgan fingerprint density at radius 2 is 1.64 bits per heavy atom. The summed E-state index contributed by atoms with van der Waals surface area (Å²) in [7, 11) is 0. The standard InChI is InChI=1S/C12H24OS/c1-11(2,3)8-7-10(13)9-12(4,5)14-6/h7-9H2,1-6H3. The summed E-state index contributed by atoms with van der Waals surface area (Å²) in [5.41, 5.74) is 0.277. The highest BCUT2D eigenvalue weighted by molar-refractivity contribution is 7.99. The Labute approximate surface area is 93.0 Å². The molecule has 14 heavy (non-hydrogen) atoms. The van der Waals surface area contributed by atoms with E-state index in [1.807, 2.05) is 0 Å². The summed E-state index contributed by atoms with van der Waals surface area (Å²) >= 11 is 1.77. The lowest BCUT2D eigenvalue weighted by Crippen LogP contribution is -2.20. The number of hydrogen-bond donors (Lipinski definition) is 0. The predicted octanol–water partition coefficient (Wildman–Crippen LogP) is 3.91. The summed E-state index contributed by atoms with van der Waals surface area (Å²) in [6.07, 6.45) is 4.49. The largest absolute Gasteiger partial charge is 0.300 e. The maximum atomic E-state index is 11.7. The zero-order valence-corrected chi connectivity index (χ0v) is 11.3. The van der Waals surface area contributed by atoms with Crippen LogP contribution in [-0.4, -0.2) is 16.8 Å². The molecule has 0 aliphatic rings. The molecule has 0 heterocycles. The van der Waals surface area contributed by atoms with Gasteiger partial charge in [0.2, 0.25) is 0 Å². The number of hydrogen-bond acceptors (Lipinski definition) is 2. The van der Waals surface area contributed by atoms with E-state index in [0.717, 1.165) is 12.8 Å². The van der Waals surface area contributed by atoms with Crippen LogP contribution in [0.4, 0.5) is 0 Å². The molecule has 1 nitrogen and oxygen atoms in total. The Bertz CT molecular complexity index is 189. The molecule has 0 atom stereocenters. The van der Waals surface area contributed by atoms with Crippen LogP contribution >= 0.6 is 11.8 Å². The summed E-state index contributed by atoms with van der Waals surface area (Å²) < 4.78 is 0.106. The van der Waals surface area contributed by atoms with Gasteiger partial charge in [0.15, 0.2) is 0 Å². The average molecular weight is 216 g/mol. The van der Waals surface area contributed by atoms with Crippen molar-refractivity contribution in [2.75, 3.05) is 6.26 Å². The van der Waals surface area contributed by atoms with Gasteiger partial charge in [-0.2, -0.15) is 11.8 Å². The lowest BCUT2D eigenvalue weighted by molar-refractivity contribution is -0.119. The SMILES string of the molecule is CSC(C)(C)CC(=O)CCC(C)(C)C. The van der Waals surface area contributed by atoms with Gasteiger partial charge in [0.1, 0.15) is 5.78 Å². The van der Waals surface area contributed by atoms with Crippen molar-refractivity contribution in [3.8, 4) is 0 Å². The maximum Gasteiger partial charge on any atom is 0.134 e. The highest BCUT2D eigenvalue weighted by Gasteiger charge is 2.21. The molecule has 0 aliphatic heterocycles. The monoisotopic (exact) mass is 216 g/mol. The lowest BCUT2D eigenvalue weighted by Gasteiger charge is -2.22. The van der Waals surface area contributed by atoms with Crippen molar-refractivity contribution >= 4 is 17.5 Å². The van der Waals surface area contributed by atoms with Gasteiger partial charge in [0.25, 0.3) is 0 Å². The molecule has 0 amide bonds. The minimum Gasteiger partial charge on any atom is -0.300 e. The second-order valence-corrected chi connectivity index (χ2v) is 7.25. The van der Waals surface area contributed by atoms with E-state index in [4.69, 9.17) is 0 Å². The smallest absolute Gasteiger partial charge is 0.134 e. The van der Waals surface area contributed by atoms with Crippen LogP contribution < -0.4 is 0 Å². The van der Waals surface area contributed by atoms with E-state index < -0.39 is 0 Å². The zero-order valence-electron chi connectivity index (χ0n) is 10.4. The predicted molar refractivity (Wildman–Crippen MR) is 65.9 cm³/mol. The molecule has 84 valence electrons. The summed E-state index contributed by atoms with van der Waals surface area (Å²) in [5, 5.41) is 0. The number of ketones is 1. The number of rotatable bonds is 5. The molecule has 0 rings (SSSR count). The molecule has 2 heteroatoms. The van der Waals surface area contributed by atoms with Crippen molar-refractivity contribution in [2.24, 2.45) is 5.41 Å². The van der Waals surface area contributed by atoms with E-state index in [2.05, 4.69) is 40.9 Å². The third-order valence-electron chi connectivity index (χ3n) is 2.33. The minimum atomic E-state index is 0.106. The van der Waals surface area contributed by atoms with Crippen molar-refractivity contribution < 1.29 is 4.79 Å². The minimum absolute atomic E-state index is 0.106. The second kappa shape index (κ2) is 5.20. The molecule has 0 radical (unpaired) electrons. The number of thioether (sulfide) groups is 1.